The molecule has 0 bridgehead atoms. The fourth-order valence-corrected chi connectivity index (χ4v) is 3.85. The van der Waals surface area contributed by atoms with Crippen molar-refractivity contribution in [3.05, 3.63) is 0 Å². The van der Waals surface area contributed by atoms with Crippen LogP contribution in [0.4, 0.5) is 0 Å². The van der Waals surface area contributed by atoms with Gasteiger partial charge in [0.1, 0.15) is 0 Å². The predicted molar refractivity (Wildman–Crippen MR) is 76.2 cm³/mol. The summed E-state index contributed by atoms with van der Waals surface area (Å²) in [7, 11) is -3.06. The van der Waals surface area contributed by atoms with E-state index in [0.717, 1.165) is 38.8 Å². The van der Waals surface area contributed by atoms with Crippen molar-refractivity contribution in [3.63, 3.8) is 0 Å². The fraction of sp³-hybridized carbons (Fsp3) is 1.00. The van der Waals surface area contributed by atoms with Gasteiger partial charge in [-0.25, -0.2) is 13.1 Å². The van der Waals surface area contributed by atoms with Crippen LogP contribution in [0.5, 0.6) is 0 Å². The lowest BCUT2D eigenvalue weighted by Crippen LogP contribution is -2.51. The maximum Gasteiger partial charge on any atom is 0.211 e. The third-order valence-electron chi connectivity index (χ3n) is 3.56. The molecule has 5 heteroatoms. The van der Waals surface area contributed by atoms with E-state index in [9.17, 15) is 8.42 Å². The molecule has 1 aliphatic heterocycles. The molecule has 1 aliphatic rings. The standard InChI is InChI=1S/C13H28N2O2S/c1-5-6-11-18(16,17)14-12-7-9-15(10-8-12)13(2,3)4/h12,14H,5-11H2,1-4H3. The monoisotopic (exact) mass is 276 g/mol. The summed E-state index contributed by atoms with van der Waals surface area (Å²) in [4.78, 5) is 2.42. The van der Waals surface area contributed by atoms with Crippen molar-refractivity contribution in [1.82, 2.24) is 9.62 Å². The molecule has 0 aliphatic carbocycles. The van der Waals surface area contributed by atoms with E-state index in [-0.39, 0.29) is 17.3 Å². The van der Waals surface area contributed by atoms with E-state index in [2.05, 4.69) is 30.4 Å². The molecule has 0 spiro atoms. The van der Waals surface area contributed by atoms with Crippen LogP contribution in [-0.2, 0) is 10.0 Å². The predicted octanol–water partition coefficient (Wildman–Crippen LogP) is 1.97. The summed E-state index contributed by atoms with van der Waals surface area (Å²) in [5, 5.41) is 0. The van der Waals surface area contributed by atoms with Crippen LogP contribution in [0, 0.1) is 0 Å². The molecule has 0 radical (unpaired) electrons. The minimum absolute atomic E-state index is 0.130. The zero-order chi connectivity index (χ0) is 13.8. The molecule has 1 saturated heterocycles. The van der Waals surface area contributed by atoms with Crippen molar-refractivity contribution in [1.29, 1.82) is 0 Å². The Morgan fingerprint density at radius 3 is 2.22 bits per heavy atom. The number of piperidine rings is 1. The van der Waals surface area contributed by atoms with Crippen LogP contribution in [0.1, 0.15) is 53.4 Å². The van der Waals surface area contributed by atoms with Gasteiger partial charge in [-0.05, 0) is 40.0 Å². The van der Waals surface area contributed by atoms with Gasteiger partial charge in [-0.2, -0.15) is 0 Å². The summed E-state index contributed by atoms with van der Waals surface area (Å²) < 4.78 is 26.5. The minimum atomic E-state index is -3.06. The average molecular weight is 276 g/mol. The van der Waals surface area contributed by atoms with Crippen LogP contribution in [0.2, 0.25) is 0 Å². The third kappa shape index (κ3) is 5.24. The van der Waals surface area contributed by atoms with Gasteiger partial charge >= 0.3 is 0 Å². The zero-order valence-corrected chi connectivity index (χ0v) is 13.0. The van der Waals surface area contributed by atoms with Crippen LogP contribution in [-0.4, -0.2) is 43.7 Å². The van der Waals surface area contributed by atoms with Crippen LogP contribution in [0.3, 0.4) is 0 Å². The van der Waals surface area contributed by atoms with Gasteiger partial charge in [-0.15, -0.1) is 0 Å². The summed E-state index contributed by atoms with van der Waals surface area (Å²) in [6.07, 6.45) is 3.50. The van der Waals surface area contributed by atoms with E-state index in [1.807, 2.05) is 6.92 Å². The molecular weight excluding hydrogens is 248 g/mol. The summed E-state index contributed by atoms with van der Waals surface area (Å²) in [6.45, 7) is 10.6. The van der Waals surface area contributed by atoms with Gasteiger partial charge in [0.2, 0.25) is 10.0 Å². The second-order valence-electron chi connectivity index (χ2n) is 6.22. The quantitative estimate of drug-likeness (QED) is 0.835. The largest absolute Gasteiger partial charge is 0.298 e. The molecule has 0 aromatic carbocycles. The number of hydrogen-bond acceptors (Lipinski definition) is 3. The lowest BCUT2D eigenvalue weighted by Gasteiger charge is -2.40. The summed E-state index contributed by atoms with van der Waals surface area (Å²) >= 11 is 0. The van der Waals surface area contributed by atoms with Crippen molar-refractivity contribution in [2.24, 2.45) is 0 Å². The lowest BCUT2D eigenvalue weighted by atomic mass is 9.99. The minimum Gasteiger partial charge on any atom is -0.298 e. The van der Waals surface area contributed by atoms with Gasteiger partial charge in [0.05, 0.1) is 5.75 Å². The molecule has 0 amide bonds. The molecule has 1 heterocycles. The number of sulfonamides is 1. The molecule has 1 fully saturated rings. The zero-order valence-electron chi connectivity index (χ0n) is 12.2. The first-order chi connectivity index (χ1) is 8.24. The maximum absolute atomic E-state index is 11.8. The first-order valence-corrected chi connectivity index (χ1v) is 8.65. The first kappa shape index (κ1) is 15.9. The van der Waals surface area contributed by atoms with Crippen LogP contribution in [0.15, 0.2) is 0 Å². The lowest BCUT2D eigenvalue weighted by molar-refractivity contribution is 0.100. The normalized spacial score (nSPS) is 20.2. The van der Waals surface area contributed by atoms with E-state index in [1.54, 1.807) is 0 Å². The van der Waals surface area contributed by atoms with Crippen molar-refractivity contribution >= 4 is 10.0 Å². The van der Waals surface area contributed by atoms with Crippen LogP contribution < -0.4 is 4.72 Å². The smallest absolute Gasteiger partial charge is 0.211 e. The Bertz CT molecular complexity index is 338. The molecule has 4 nitrogen and oxygen atoms in total. The van der Waals surface area contributed by atoms with Crippen molar-refractivity contribution in [3.8, 4) is 0 Å². The second kappa shape index (κ2) is 6.35. The van der Waals surface area contributed by atoms with Crippen LogP contribution in [0.25, 0.3) is 0 Å². The SMILES string of the molecule is CCCCS(=O)(=O)NC1CCN(C(C)(C)C)CC1. The van der Waals surface area contributed by atoms with Crippen molar-refractivity contribution in [2.75, 3.05) is 18.8 Å². The number of nitrogens with one attached hydrogen (secondary N) is 1. The number of rotatable bonds is 5. The number of unbranched alkanes of at least 4 members (excludes halogenated alkanes) is 1. The molecular formula is C13H28N2O2S. The van der Waals surface area contributed by atoms with Crippen LogP contribution >= 0.6 is 0 Å². The van der Waals surface area contributed by atoms with E-state index >= 15 is 0 Å². The number of nitrogens with zero attached hydrogens (tertiary/aromatic N) is 1. The van der Waals surface area contributed by atoms with Gasteiger partial charge in [0.15, 0.2) is 0 Å². The Kier molecular flexibility index (Phi) is 5.62. The Labute approximate surface area is 112 Å². The highest BCUT2D eigenvalue weighted by Crippen LogP contribution is 2.20. The Morgan fingerprint density at radius 1 is 1.22 bits per heavy atom. The Balaban J connectivity index is 2.40. The summed E-state index contributed by atoms with van der Waals surface area (Å²) in [6, 6.07) is 0.130. The van der Waals surface area contributed by atoms with Crippen molar-refractivity contribution in [2.45, 2.75) is 65.0 Å². The molecule has 1 rings (SSSR count). The highest BCUT2D eigenvalue weighted by Gasteiger charge is 2.28. The highest BCUT2D eigenvalue weighted by atomic mass is 32.2. The fourth-order valence-electron chi connectivity index (χ4n) is 2.32. The Morgan fingerprint density at radius 2 is 1.78 bits per heavy atom. The topological polar surface area (TPSA) is 49.4 Å². The van der Waals surface area contributed by atoms with Gasteiger partial charge < -0.3 is 0 Å². The Hall–Kier alpha value is -0.130. The van der Waals surface area contributed by atoms with Gasteiger partial charge in [-0.1, -0.05) is 13.3 Å². The molecule has 1 N–H and O–H groups in total. The molecule has 0 aromatic rings. The van der Waals surface area contributed by atoms with E-state index < -0.39 is 10.0 Å². The average Bonchev–Trinajstić information content (AvgIpc) is 2.25. The third-order valence-corrected chi connectivity index (χ3v) is 5.08. The summed E-state index contributed by atoms with van der Waals surface area (Å²) in [5.41, 5.74) is 0.187. The molecule has 18 heavy (non-hydrogen) atoms. The van der Waals surface area contributed by atoms with Crippen molar-refractivity contribution < 1.29 is 8.42 Å². The van der Waals surface area contributed by atoms with Gasteiger partial charge in [-0.3, -0.25) is 4.90 Å². The molecule has 108 valence electrons. The molecule has 0 unspecified atom stereocenters. The van der Waals surface area contributed by atoms with Gasteiger partial charge in [0, 0.05) is 24.7 Å². The van der Waals surface area contributed by atoms with E-state index in [4.69, 9.17) is 0 Å². The molecule has 0 aromatic heterocycles. The van der Waals surface area contributed by atoms with Gasteiger partial charge in [0.25, 0.3) is 0 Å². The number of likely N-dealkylation sites (tertiary alicyclic amines) is 1. The molecule has 0 atom stereocenters. The van der Waals surface area contributed by atoms with E-state index in [0.29, 0.717) is 0 Å². The number of hydrogen-bond donors (Lipinski definition) is 1. The second-order valence-corrected chi connectivity index (χ2v) is 8.10. The first-order valence-electron chi connectivity index (χ1n) is 6.99. The summed E-state index contributed by atoms with van der Waals surface area (Å²) in [5.74, 6) is 0.267. The molecule has 0 saturated carbocycles. The van der Waals surface area contributed by atoms with E-state index in [1.165, 1.54) is 0 Å². The maximum atomic E-state index is 11.8. The highest BCUT2D eigenvalue weighted by molar-refractivity contribution is 7.89.